The van der Waals surface area contributed by atoms with Crippen molar-refractivity contribution in [1.29, 1.82) is 5.26 Å². The summed E-state index contributed by atoms with van der Waals surface area (Å²) in [6.45, 7) is 0.295. The second kappa shape index (κ2) is 10.1. The molecule has 4 aromatic rings. The summed E-state index contributed by atoms with van der Waals surface area (Å²) in [5.41, 5.74) is 3.15. The van der Waals surface area contributed by atoms with Crippen molar-refractivity contribution < 1.29 is 4.74 Å². The fourth-order valence-electron chi connectivity index (χ4n) is 3.29. The number of benzene rings is 4. The van der Waals surface area contributed by atoms with Crippen molar-refractivity contribution in [2.24, 2.45) is 0 Å². The second-order valence-electron chi connectivity index (χ2n) is 7.07. The van der Waals surface area contributed by atoms with Crippen LogP contribution in [0.4, 0.5) is 0 Å². The lowest BCUT2D eigenvalue weighted by atomic mass is 10.0. The van der Waals surface area contributed by atoms with E-state index in [0.717, 1.165) is 36.4 Å². The molecule has 0 aliphatic heterocycles. The zero-order valence-electron chi connectivity index (χ0n) is 16.6. The number of allylic oxidation sites excluding steroid dienone is 1. The first kappa shape index (κ1) is 22.9. The molecule has 0 N–H and O–H groups in total. The summed E-state index contributed by atoms with van der Waals surface area (Å²) in [7, 11) is 0. The van der Waals surface area contributed by atoms with E-state index >= 15 is 0 Å². The van der Waals surface area contributed by atoms with Crippen molar-refractivity contribution in [3.8, 4) is 11.8 Å². The second-order valence-corrected chi connectivity index (χ2v) is 9.62. The maximum Gasteiger partial charge on any atom is 0.148 e. The molecule has 0 spiro atoms. The fraction of sp³-hybridized carbons (Fsp3) is 0.0385. The lowest BCUT2D eigenvalue weighted by Gasteiger charge is -2.13. The Morgan fingerprint density at radius 1 is 0.906 bits per heavy atom. The van der Waals surface area contributed by atoms with Crippen LogP contribution in [0.1, 0.15) is 16.7 Å². The number of nitrogens with zero attached hydrogens (tertiary/aromatic N) is 1. The van der Waals surface area contributed by atoms with Gasteiger partial charge in [-0.1, -0.05) is 65.7 Å². The average Bonchev–Trinajstić information content (AvgIpc) is 2.78. The molecule has 0 bridgehead atoms. The minimum atomic E-state index is 0.295. The standard InChI is InChI=1S/C26H15Br2Cl2NO/c27-23-10-16(9-21(14-31)19-6-5-17-3-1-2-4-18(17)12-19)11-24(28)26(23)32-15-20-7-8-22(29)13-25(20)30/h1-13H,15H2/b21-9-. The number of halogens is 4. The molecule has 0 fully saturated rings. The third kappa shape index (κ3) is 5.19. The zero-order valence-corrected chi connectivity index (χ0v) is 21.3. The van der Waals surface area contributed by atoms with Gasteiger partial charge in [0.1, 0.15) is 12.4 Å². The predicted octanol–water partition coefficient (Wildman–Crippen LogP) is 9.31. The Bertz CT molecular complexity index is 1370. The van der Waals surface area contributed by atoms with E-state index in [9.17, 15) is 5.26 Å². The summed E-state index contributed by atoms with van der Waals surface area (Å²) < 4.78 is 7.51. The first-order valence-electron chi connectivity index (χ1n) is 9.61. The van der Waals surface area contributed by atoms with Gasteiger partial charge in [0.25, 0.3) is 0 Å². The van der Waals surface area contributed by atoms with Crippen LogP contribution >= 0.6 is 55.1 Å². The highest BCUT2D eigenvalue weighted by Crippen LogP contribution is 2.37. The number of nitriles is 1. The summed E-state index contributed by atoms with van der Waals surface area (Å²) in [4.78, 5) is 0. The minimum absolute atomic E-state index is 0.295. The van der Waals surface area contributed by atoms with Gasteiger partial charge in [0.05, 0.1) is 20.6 Å². The Hall–Kier alpha value is -2.29. The van der Waals surface area contributed by atoms with Crippen molar-refractivity contribution in [1.82, 2.24) is 0 Å². The summed E-state index contributed by atoms with van der Waals surface area (Å²) in [5.74, 6) is 0.650. The highest BCUT2D eigenvalue weighted by Gasteiger charge is 2.11. The van der Waals surface area contributed by atoms with Gasteiger partial charge in [-0.3, -0.25) is 0 Å². The van der Waals surface area contributed by atoms with Crippen LogP contribution in [-0.4, -0.2) is 0 Å². The van der Waals surface area contributed by atoms with E-state index in [0.29, 0.717) is 28.0 Å². The Morgan fingerprint density at radius 3 is 2.31 bits per heavy atom. The number of fused-ring (bicyclic) bond motifs is 1. The topological polar surface area (TPSA) is 33.0 Å². The Labute approximate surface area is 213 Å². The van der Waals surface area contributed by atoms with Gasteiger partial charge >= 0.3 is 0 Å². The van der Waals surface area contributed by atoms with E-state index in [1.165, 1.54) is 0 Å². The molecule has 0 radical (unpaired) electrons. The molecule has 0 heterocycles. The molecule has 0 unspecified atom stereocenters. The van der Waals surface area contributed by atoms with Crippen LogP contribution in [0.5, 0.6) is 5.75 Å². The highest BCUT2D eigenvalue weighted by atomic mass is 79.9. The van der Waals surface area contributed by atoms with Crippen molar-refractivity contribution >= 4 is 77.5 Å². The van der Waals surface area contributed by atoms with E-state index in [-0.39, 0.29) is 0 Å². The molecule has 0 aromatic heterocycles. The largest absolute Gasteiger partial charge is 0.486 e. The first-order valence-corrected chi connectivity index (χ1v) is 12.0. The average molecular weight is 588 g/mol. The minimum Gasteiger partial charge on any atom is -0.486 e. The van der Waals surface area contributed by atoms with Gasteiger partial charge in [0.15, 0.2) is 0 Å². The van der Waals surface area contributed by atoms with Gasteiger partial charge in [0, 0.05) is 15.6 Å². The monoisotopic (exact) mass is 585 g/mol. The number of hydrogen-bond donors (Lipinski definition) is 0. The zero-order chi connectivity index (χ0) is 22.7. The van der Waals surface area contributed by atoms with Crippen molar-refractivity contribution in [2.75, 3.05) is 0 Å². The maximum absolute atomic E-state index is 9.77. The van der Waals surface area contributed by atoms with Crippen molar-refractivity contribution in [3.05, 3.63) is 108 Å². The molecule has 0 saturated carbocycles. The van der Waals surface area contributed by atoms with E-state index in [4.69, 9.17) is 27.9 Å². The van der Waals surface area contributed by atoms with Crippen LogP contribution in [0.3, 0.4) is 0 Å². The Balaban J connectivity index is 1.61. The van der Waals surface area contributed by atoms with Crippen LogP contribution in [0, 0.1) is 11.3 Å². The molecule has 0 amide bonds. The van der Waals surface area contributed by atoms with E-state index in [1.54, 1.807) is 12.1 Å². The molecule has 2 nitrogen and oxygen atoms in total. The molecule has 6 heteroatoms. The molecule has 0 saturated heterocycles. The Morgan fingerprint density at radius 2 is 1.62 bits per heavy atom. The fourth-order valence-corrected chi connectivity index (χ4v) is 5.21. The normalized spacial score (nSPS) is 11.4. The van der Waals surface area contributed by atoms with Gasteiger partial charge in [-0.25, -0.2) is 0 Å². The third-order valence-corrected chi connectivity index (χ3v) is 6.66. The van der Waals surface area contributed by atoms with Crippen LogP contribution in [-0.2, 0) is 6.61 Å². The highest BCUT2D eigenvalue weighted by molar-refractivity contribution is 9.11. The Kier molecular flexibility index (Phi) is 7.23. The lowest BCUT2D eigenvalue weighted by Crippen LogP contribution is -1.98. The van der Waals surface area contributed by atoms with Crippen molar-refractivity contribution in [2.45, 2.75) is 6.61 Å². The van der Waals surface area contributed by atoms with Crippen LogP contribution < -0.4 is 4.74 Å². The quantitative estimate of drug-likeness (QED) is 0.172. The van der Waals surface area contributed by atoms with Crippen LogP contribution in [0.25, 0.3) is 22.4 Å². The summed E-state index contributed by atoms with van der Waals surface area (Å²) in [5, 5.41) is 13.1. The number of hydrogen-bond acceptors (Lipinski definition) is 2. The van der Waals surface area contributed by atoms with Crippen molar-refractivity contribution in [3.63, 3.8) is 0 Å². The van der Waals surface area contributed by atoms with Crippen LogP contribution in [0.2, 0.25) is 10.0 Å². The smallest absolute Gasteiger partial charge is 0.148 e. The SMILES string of the molecule is N#C/C(=C/c1cc(Br)c(OCc2ccc(Cl)cc2Cl)c(Br)c1)c1ccc2ccccc2c1. The molecular weight excluding hydrogens is 573 g/mol. The molecule has 0 aliphatic carbocycles. The lowest BCUT2D eigenvalue weighted by molar-refractivity contribution is 0.302. The number of rotatable bonds is 5. The van der Waals surface area contributed by atoms with Gasteiger partial charge in [-0.05, 0) is 90.2 Å². The molecule has 158 valence electrons. The van der Waals surface area contributed by atoms with Gasteiger partial charge < -0.3 is 4.74 Å². The summed E-state index contributed by atoms with van der Waals surface area (Å²) in [6, 6.07) is 25.6. The van der Waals surface area contributed by atoms with Gasteiger partial charge in [-0.15, -0.1) is 0 Å². The van der Waals surface area contributed by atoms with E-state index in [2.05, 4.69) is 44.0 Å². The van der Waals surface area contributed by atoms with Gasteiger partial charge in [-0.2, -0.15) is 5.26 Å². The molecule has 32 heavy (non-hydrogen) atoms. The van der Waals surface area contributed by atoms with E-state index < -0.39 is 0 Å². The molecule has 0 aliphatic rings. The summed E-state index contributed by atoms with van der Waals surface area (Å²) in [6.07, 6.45) is 1.86. The molecule has 4 aromatic carbocycles. The molecular formula is C26H15Br2Cl2NO. The molecule has 4 rings (SSSR count). The van der Waals surface area contributed by atoms with E-state index in [1.807, 2.05) is 60.7 Å². The first-order chi connectivity index (χ1) is 15.4. The predicted molar refractivity (Wildman–Crippen MR) is 140 cm³/mol. The van der Waals surface area contributed by atoms with Crippen LogP contribution in [0.15, 0.2) is 81.7 Å². The third-order valence-electron chi connectivity index (χ3n) is 4.90. The number of ether oxygens (including phenoxy) is 1. The summed E-state index contributed by atoms with van der Waals surface area (Å²) >= 11 is 19.4. The van der Waals surface area contributed by atoms with Gasteiger partial charge in [0.2, 0.25) is 0 Å². The maximum atomic E-state index is 9.77. The molecule has 0 atom stereocenters.